The van der Waals surface area contributed by atoms with Crippen LogP contribution in [0.5, 0.6) is 0 Å². The van der Waals surface area contributed by atoms with Gasteiger partial charge >= 0.3 is 0 Å². The van der Waals surface area contributed by atoms with E-state index in [4.69, 9.17) is 16.1 Å². The summed E-state index contributed by atoms with van der Waals surface area (Å²) in [6.45, 7) is 4.48. The molecule has 13 heavy (non-hydrogen) atoms. The predicted molar refractivity (Wildman–Crippen MR) is 49.7 cm³/mol. The zero-order valence-electron chi connectivity index (χ0n) is 7.88. The van der Waals surface area contributed by atoms with Crippen LogP contribution in [0.25, 0.3) is 0 Å². The number of nitrogens with zero attached hydrogens (tertiary/aromatic N) is 2. The fourth-order valence-corrected chi connectivity index (χ4v) is 2.26. The van der Waals surface area contributed by atoms with E-state index in [0.717, 1.165) is 6.42 Å². The largest absolute Gasteiger partial charge is 0.338 e. The van der Waals surface area contributed by atoms with E-state index in [2.05, 4.69) is 24.0 Å². The van der Waals surface area contributed by atoms with Gasteiger partial charge in [-0.25, -0.2) is 0 Å². The Morgan fingerprint density at radius 1 is 1.54 bits per heavy atom. The summed E-state index contributed by atoms with van der Waals surface area (Å²) in [5, 5.41) is 3.83. The van der Waals surface area contributed by atoms with Crippen molar-refractivity contribution in [2.75, 3.05) is 0 Å². The van der Waals surface area contributed by atoms with Crippen LogP contribution in [-0.4, -0.2) is 10.1 Å². The lowest BCUT2D eigenvalue weighted by Gasteiger charge is -2.23. The van der Waals surface area contributed by atoms with E-state index in [-0.39, 0.29) is 10.7 Å². The Morgan fingerprint density at radius 2 is 2.31 bits per heavy atom. The van der Waals surface area contributed by atoms with Crippen LogP contribution in [-0.2, 0) is 0 Å². The van der Waals surface area contributed by atoms with Crippen LogP contribution in [0.4, 0.5) is 0 Å². The lowest BCUT2D eigenvalue weighted by atomic mass is 9.82. The molecule has 1 unspecified atom stereocenters. The normalized spacial score (nSPS) is 26.5. The van der Waals surface area contributed by atoms with Gasteiger partial charge in [-0.1, -0.05) is 20.3 Å². The maximum Gasteiger partial charge on any atom is 0.263 e. The summed E-state index contributed by atoms with van der Waals surface area (Å²) in [6.07, 6.45) is 3.58. The lowest BCUT2D eigenvalue weighted by Crippen LogP contribution is -2.15. The first-order valence-electron chi connectivity index (χ1n) is 4.59. The van der Waals surface area contributed by atoms with Crippen LogP contribution in [0, 0.1) is 5.41 Å². The molecule has 72 valence electrons. The molecule has 1 aliphatic carbocycles. The van der Waals surface area contributed by atoms with E-state index >= 15 is 0 Å². The van der Waals surface area contributed by atoms with Crippen molar-refractivity contribution in [3.05, 3.63) is 11.2 Å². The van der Waals surface area contributed by atoms with E-state index in [0.29, 0.717) is 11.8 Å². The second kappa shape index (κ2) is 2.98. The molecule has 0 aromatic carbocycles. The highest BCUT2D eigenvalue weighted by atomic mass is 35.5. The van der Waals surface area contributed by atoms with Gasteiger partial charge in [0.2, 0.25) is 5.89 Å². The van der Waals surface area contributed by atoms with Gasteiger partial charge in [-0.05, 0) is 35.0 Å². The minimum atomic E-state index is 0.220. The van der Waals surface area contributed by atoms with Crippen LogP contribution in [0.3, 0.4) is 0 Å². The van der Waals surface area contributed by atoms with Gasteiger partial charge in [0, 0.05) is 5.92 Å². The number of hydrogen-bond acceptors (Lipinski definition) is 3. The Hall–Kier alpha value is -0.570. The summed E-state index contributed by atoms with van der Waals surface area (Å²) < 4.78 is 5.09. The first kappa shape index (κ1) is 9.00. The molecule has 4 heteroatoms. The van der Waals surface area contributed by atoms with Gasteiger partial charge in [-0.15, -0.1) is 0 Å². The summed E-state index contributed by atoms with van der Waals surface area (Å²) in [5.41, 5.74) is 0.274. The molecule has 0 aliphatic heterocycles. The van der Waals surface area contributed by atoms with Crippen molar-refractivity contribution in [3.8, 4) is 0 Å². The van der Waals surface area contributed by atoms with Crippen molar-refractivity contribution >= 4 is 11.6 Å². The number of rotatable bonds is 1. The molecule has 0 saturated heterocycles. The Balaban J connectivity index is 2.26. The van der Waals surface area contributed by atoms with Crippen LogP contribution in [0.2, 0.25) is 5.28 Å². The summed E-state index contributed by atoms with van der Waals surface area (Å²) in [5.74, 6) is 1.08. The summed E-state index contributed by atoms with van der Waals surface area (Å²) in [7, 11) is 0. The molecule has 0 N–H and O–H groups in total. The summed E-state index contributed by atoms with van der Waals surface area (Å²) in [6, 6.07) is 0. The third kappa shape index (κ3) is 1.57. The molecule has 0 spiro atoms. The number of aromatic nitrogens is 2. The predicted octanol–water partition coefficient (Wildman–Crippen LogP) is 3.02. The van der Waals surface area contributed by atoms with Crippen LogP contribution in [0.15, 0.2) is 4.52 Å². The molecule has 3 nitrogen and oxygen atoms in total. The Labute approximate surface area is 82.5 Å². The maximum atomic E-state index is 5.62. The van der Waals surface area contributed by atoms with Crippen molar-refractivity contribution in [1.29, 1.82) is 0 Å². The Kier molecular flexibility index (Phi) is 2.06. The quantitative estimate of drug-likeness (QED) is 0.700. The molecular formula is C9H13ClN2O. The highest BCUT2D eigenvalue weighted by molar-refractivity contribution is 6.28. The van der Waals surface area contributed by atoms with E-state index < -0.39 is 0 Å². The second-order valence-corrected chi connectivity index (χ2v) is 4.67. The molecule has 0 bridgehead atoms. The van der Waals surface area contributed by atoms with Gasteiger partial charge in [-0.2, -0.15) is 4.98 Å². The highest BCUT2D eigenvalue weighted by Gasteiger charge is 2.38. The van der Waals surface area contributed by atoms with Crippen LogP contribution < -0.4 is 0 Å². The third-order valence-electron chi connectivity index (χ3n) is 2.97. The monoisotopic (exact) mass is 200 g/mol. The van der Waals surface area contributed by atoms with Crippen molar-refractivity contribution in [2.45, 2.75) is 39.0 Å². The molecule has 1 heterocycles. The van der Waals surface area contributed by atoms with Crippen LogP contribution in [0.1, 0.15) is 44.9 Å². The lowest BCUT2D eigenvalue weighted by molar-refractivity contribution is 0.261. The fourth-order valence-electron chi connectivity index (χ4n) is 2.14. The molecule has 2 rings (SSSR count). The van der Waals surface area contributed by atoms with E-state index in [1.165, 1.54) is 12.8 Å². The summed E-state index contributed by atoms with van der Waals surface area (Å²) in [4.78, 5) is 4.08. The first-order valence-corrected chi connectivity index (χ1v) is 4.96. The molecule has 1 atom stereocenters. The second-order valence-electron chi connectivity index (χ2n) is 4.34. The molecule has 1 aromatic rings. The van der Waals surface area contributed by atoms with Crippen molar-refractivity contribution < 1.29 is 4.52 Å². The zero-order valence-corrected chi connectivity index (χ0v) is 8.64. The minimum Gasteiger partial charge on any atom is -0.338 e. The topological polar surface area (TPSA) is 38.9 Å². The molecule has 1 fully saturated rings. The molecule has 0 amide bonds. The van der Waals surface area contributed by atoms with Crippen molar-refractivity contribution in [2.24, 2.45) is 5.41 Å². The van der Waals surface area contributed by atoms with Crippen molar-refractivity contribution in [1.82, 2.24) is 10.1 Å². The third-order valence-corrected chi connectivity index (χ3v) is 3.13. The van der Waals surface area contributed by atoms with Crippen LogP contribution >= 0.6 is 11.6 Å². The van der Waals surface area contributed by atoms with Gasteiger partial charge < -0.3 is 4.52 Å². The van der Waals surface area contributed by atoms with E-state index in [9.17, 15) is 0 Å². The van der Waals surface area contributed by atoms with E-state index in [1.54, 1.807) is 0 Å². The fraction of sp³-hybridized carbons (Fsp3) is 0.778. The molecular weight excluding hydrogens is 188 g/mol. The standard InChI is InChI=1S/C9H13ClN2O/c1-9(2)5-3-4-6(9)7-11-8(10)12-13-7/h6H,3-5H2,1-2H3. The summed E-state index contributed by atoms with van der Waals surface area (Å²) >= 11 is 5.62. The zero-order chi connectivity index (χ0) is 9.47. The van der Waals surface area contributed by atoms with Gasteiger partial charge in [0.25, 0.3) is 5.28 Å². The smallest absolute Gasteiger partial charge is 0.263 e. The first-order chi connectivity index (χ1) is 6.09. The molecule has 1 aromatic heterocycles. The average Bonchev–Trinajstić information content (AvgIpc) is 2.56. The van der Waals surface area contributed by atoms with Gasteiger partial charge in [-0.3, -0.25) is 0 Å². The minimum absolute atomic E-state index is 0.220. The van der Waals surface area contributed by atoms with E-state index in [1.807, 2.05) is 0 Å². The van der Waals surface area contributed by atoms with Gasteiger partial charge in [0.05, 0.1) is 0 Å². The molecule has 0 radical (unpaired) electrons. The number of halogens is 1. The average molecular weight is 201 g/mol. The Morgan fingerprint density at radius 3 is 2.77 bits per heavy atom. The van der Waals surface area contributed by atoms with Gasteiger partial charge in [0.15, 0.2) is 0 Å². The SMILES string of the molecule is CC1(C)CCCC1c1nc(Cl)no1. The van der Waals surface area contributed by atoms with Crippen molar-refractivity contribution in [3.63, 3.8) is 0 Å². The molecule has 1 aliphatic rings. The number of hydrogen-bond donors (Lipinski definition) is 0. The van der Waals surface area contributed by atoms with Gasteiger partial charge in [0.1, 0.15) is 0 Å². The highest BCUT2D eigenvalue weighted by Crippen LogP contribution is 2.48. The molecule has 1 saturated carbocycles. The Bertz CT molecular complexity index is 308. The maximum absolute atomic E-state index is 5.62.